The molecule has 0 fully saturated rings. The van der Waals surface area contributed by atoms with Crippen LogP contribution in [0.15, 0.2) is 59.1 Å². The predicted molar refractivity (Wildman–Crippen MR) is 132 cm³/mol. The largest absolute Gasteiger partial charge is 0.384 e. The maximum absolute atomic E-state index is 13.9. The van der Waals surface area contributed by atoms with Gasteiger partial charge in [-0.05, 0) is 49.4 Å². The number of carbonyl (C=O) groups is 2. The summed E-state index contributed by atoms with van der Waals surface area (Å²) in [5.41, 5.74) is 9.43. The van der Waals surface area contributed by atoms with Crippen molar-refractivity contribution in [3.8, 4) is 6.07 Å². The number of aryl methyl sites for hydroxylation is 1. The molecule has 2 aliphatic heterocycles. The second kappa shape index (κ2) is 7.22. The first-order chi connectivity index (χ1) is 16.0. The van der Waals surface area contributed by atoms with Crippen LogP contribution in [0.25, 0.3) is 0 Å². The van der Waals surface area contributed by atoms with Gasteiger partial charge in [0.05, 0.1) is 11.3 Å². The van der Waals surface area contributed by atoms with Crippen LogP contribution in [-0.2, 0) is 15.0 Å². The molecule has 3 N–H and O–H groups in total. The molecule has 2 heterocycles. The van der Waals surface area contributed by atoms with Gasteiger partial charge in [0.25, 0.3) is 0 Å². The summed E-state index contributed by atoms with van der Waals surface area (Å²) in [6.07, 6.45) is 0.776. The third-order valence-electron chi connectivity index (χ3n) is 7.13. The van der Waals surface area contributed by atoms with E-state index in [1.54, 1.807) is 11.0 Å². The molecule has 0 unspecified atom stereocenters. The lowest BCUT2D eigenvalue weighted by molar-refractivity contribution is -0.123. The van der Waals surface area contributed by atoms with E-state index in [-0.39, 0.29) is 29.0 Å². The van der Waals surface area contributed by atoms with Gasteiger partial charge < -0.3 is 11.1 Å². The molecule has 3 aliphatic rings. The van der Waals surface area contributed by atoms with E-state index in [1.807, 2.05) is 58.0 Å². The fraction of sp³-hybridized carbons (Fsp3) is 0.296. The van der Waals surface area contributed by atoms with Gasteiger partial charge in [0.2, 0.25) is 5.91 Å². The number of rotatable bonds is 1. The van der Waals surface area contributed by atoms with Gasteiger partial charge in [-0.1, -0.05) is 49.2 Å². The van der Waals surface area contributed by atoms with Gasteiger partial charge in [-0.3, -0.25) is 14.5 Å². The number of benzene rings is 2. The molecule has 172 valence electrons. The summed E-state index contributed by atoms with van der Waals surface area (Å²) in [4.78, 5) is 29.4. The molecular weight excluding hydrogens is 448 g/mol. The van der Waals surface area contributed by atoms with Gasteiger partial charge in [0.1, 0.15) is 17.3 Å². The Kier molecular flexibility index (Phi) is 4.72. The third-order valence-corrected chi connectivity index (χ3v) is 7.54. The van der Waals surface area contributed by atoms with E-state index in [4.69, 9.17) is 17.3 Å². The molecule has 2 aromatic carbocycles. The van der Waals surface area contributed by atoms with E-state index < -0.39 is 11.3 Å². The Morgan fingerprint density at radius 2 is 1.88 bits per heavy atom. The Hall–Kier alpha value is -3.56. The van der Waals surface area contributed by atoms with Crippen molar-refractivity contribution >= 4 is 34.7 Å². The maximum atomic E-state index is 13.9. The number of nitrogens with two attached hydrogens (primary N) is 1. The van der Waals surface area contributed by atoms with Crippen LogP contribution < -0.4 is 16.0 Å². The molecule has 2 aromatic rings. The summed E-state index contributed by atoms with van der Waals surface area (Å²) >= 11 is 6.44. The van der Waals surface area contributed by atoms with Crippen LogP contribution in [0.4, 0.5) is 11.4 Å². The second-order valence-electron chi connectivity index (χ2n) is 10.1. The van der Waals surface area contributed by atoms with Crippen LogP contribution in [0, 0.1) is 30.6 Å². The number of Topliss-reactive ketones (excluding diaryl/α,β-unsaturated/α-hetero) is 1. The molecule has 6 nitrogen and oxygen atoms in total. The van der Waals surface area contributed by atoms with Crippen LogP contribution >= 0.6 is 11.6 Å². The number of carbonyl (C=O) groups excluding carboxylic acids is 2. The normalized spacial score (nSPS) is 23.1. The molecule has 1 atom stereocenters. The van der Waals surface area contributed by atoms with Gasteiger partial charge in [-0.25, -0.2) is 0 Å². The fourth-order valence-electron chi connectivity index (χ4n) is 5.65. The Morgan fingerprint density at radius 3 is 2.59 bits per heavy atom. The van der Waals surface area contributed by atoms with E-state index in [0.29, 0.717) is 39.7 Å². The van der Waals surface area contributed by atoms with Crippen molar-refractivity contribution in [3.05, 3.63) is 80.8 Å². The van der Waals surface area contributed by atoms with Crippen LogP contribution in [0.5, 0.6) is 0 Å². The number of hydrogen-bond donors (Lipinski definition) is 2. The molecule has 5 rings (SSSR count). The standard InChI is InChI=1S/C27H25ClN4O2/c1-14-8-9-19-16(10-14)27(25(34)31-19)17(13-29)24(30)32(20-7-5-6-18(28)15(20)2)21-11-26(3,4)12-22(33)23(21)27/h5-10H,11-12,30H2,1-4H3,(H,31,34)/t27-/m0/s1. The highest BCUT2D eigenvalue weighted by Gasteiger charge is 2.61. The Balaban J connectivity index is 1.93. The molecule has 0 aromatic heterocycles. The smallest absolute Gasteiger partial charge is 0.245 e. The SMILES string of the molecule is Cc1ccc2c(c1)[C@]1(C(=O)N2)C(C#N)=C(N)N(c2cccc(Cl)c2C)C2=C1C(=O)CC(C)(C)C2. The summed E-state index contributed by atoms with van der Waals surface area (Å²) in [5.74, 6) is -0.432. The van der Waals surface area contributed by atoms with E-state index in [2.05, 4.69) is 11.4 Å². The fourth-order valence-corrected chi connectivity index (χ4v) is 5.82. The van der Waals surface area contributed by atoms with E-state index in [0.717, 1.165) is 11.1 Å². The lowest BCUT2D eigenvalue weighted by atomic mass is 9.60. The van der Waals surface area contributed by atoms with Gasteiger partial charge in [-0.15, -0.1) is 0 Å². The number of nitriles is 1. The van der Waals surface area contributed by atoms with Crippen LogP contribution in [0.2, 0.25) is 5.02 Å². The number of allylic oxidation sites excluding steroid dienone is 1. The van der Waals surface area contributed by atoms with Crippen molar-refractivity contribution in [2.75, 3.05) is 10.2 Å². The monoisotopic (exact) mass is 472 g/mol. The van der Waals surface area contributed by atoms with Crippen molar-refractivity contribution in [2.24, 2.45) is 11.1 Å². The van der Waals surface area contributed by atoms with Crippen molar-refractivity contribution < 1.29 is 9.59 Å². The third kappa shape index (κ3) is 2.80. The van der Waals surface area contributed by atoms with Gasteiger partial charge >= 0.3 is 0 Å². The number of hydrogen-bond acceptors (Lipinski definition) is 5. The minimum atomic E-state index is -1.58. The molecule has 0 radical (unpaired) electrons. The molecule has 1 amide bonds. The van der Waals surface area contributed by atoms with E-state index in [1.165, 1.54) is 0 Å². The molecule has 0 saturated carbocycles. The first-order valence-corrected chi connectivity index (χ1v) is 11.6. The molecule has 0 saturated heterocycles. The second-order valence-corrected chi connectivity index (χ2v) is 10.5. The lowest BCUT2D eigenvalue weighted by Gasteiger charge is -2.47. The zero-order chi connectivity index (χ0) is 24.6. The molecular formula is C27H25ClN4O2. The first kappa shape index (κ1) is 22.2. The van der Waals surface area contributed by atoms with Crippen molar-refractivity contribution in [2.45, 2.75) is 46.0 Å². The number of amides is 1. The summed E-state index contributed by atoms with van der Waals surface area (Å²) in [5, 5.41) is 13.9. The number of fused-ring (bicyclic) bond motifs is 3. The quantitative estimate of drug-likeness (QED) is 0.608. The number of ketones is 1. The summed E-state index contributed by atoms with van der Waals surface area (Å²) in [7, 11) is 0. The van der Waals surface area contributed by atoms with Gasteiger partial charge in [0.15, 0.2) is 5.78 Å². The number of halogens is 1. The maximum Gasteiger partial charge on any atom is 0.245 e. The minimum Gasteiger partial charge on any atom is -0.384 e. The van der Waals surface area contributed by atoms with Crippen molar-refractivity contribution in [1.82, 2.24) is 0 Å². The molecule has 1 spiro atoms. The van der Waals surface area contributed by atoms with Crippen molar-refractivity contribution in [1.29, 1.82) is 5.26 Å². The zero-order valence-electron chi connectivity index (χ0n) is 19.5. The average molecular weight is 473 g/mol. The number of anilines is 2. The zero-order valence-corrected chi connectivity index (χ0v) is 20.3. The predicted octanol–water partition coefficient (Wildman–Crippen LogP) is 5.00. The Bertz CT molecular complexity index is 1410. The molecule has 34 heavy (non-hydrogen) atoms. The van der Waals surface area contributed by atoms with Crippen LogP contribution in [-0.4, -0.2) is 11.7 Å². The van der Waals surface area contributed by atoms with E-state index >= 15 is 0 Å². The van der Waals surface area contributed by atoms with Crippen LogP contribution in [0.3, 0.4) is 0 Å². The minimum absolute atomic E-state index is 0.0560. The van der Waals surface area contributed by atoms with Crippen molar-refractivity contribution in [3.63, 3.8) is 0 Å². The highest BCUT2D eigenvalue weighted by molar-refractivity contribution is 6.31. The van der Waals surface area contributed by atoms with Crippen LogP contribution in [0.1, 0.15) is 43.4 Å². The van der Waals surface area contributed by atoms with Gasteiger partial charge in [0, 0.05) is 34.0 Å². The highest BCUT2D eigenvalue weighted by Crippen LogP contribution is 2.57. The lowest BCUT2D eigenvalue weighted by Crippen LogP contribution is -2.52. The summed E-state index contributed by atoms with van der Waals surface area (Å²) in [6.45, 7) is 7.84. The topological polar surface area (TPSA) is 99.2 Å². The molecule has 1 aliphatic carbocycles. The molecule has 7 heteroatoms. The average Bonchev–Trinajstić information content (AvgIpc) is 3.02. The highest BCUT2D eigenvalue weighted by atomic mass is 35.5. The van der Waals surface area contributed by atoms with Gasteiger partial charge in [-0.2, -0.15) is 5.26 Å². The first-order valence-electron chi connectivity index (χ1n) is 11.2. The Morgan fingerprint density at radius 1 is 1.15 bits per heavy atom. The summed E-state index contributed by atoms with van der Waals surface area (Å²) in [6, 6.07) is 13.3. The Labute approximate surface area is 203 Å². The number of nitrogens with one attached hydrogen (secondary N) is 1. The van der Waals surface area contributed by atoms with E-state index in [9.17, 15) is 14.9 Å². The number of nitrogens with zero attached hydrogens (tertiary/aromatic N) is 2. The molecule has 0 bridgehead atoms. The summed E-state index contributed by atoms with van der Waals surface area (Å²) < 4.78 is 0.